The molecule has 4 rings (SSSR count). The van der Waals surface area contributed by atoms with Crippen molar-refractivity contribution in [1.29, 1.82) is 0 Å². The zero-order valence-corrected chi connectivity index (χ0v) is 15.5. The van der Waals surface area contributed by atoms with Crippen LogP contribution in [0.1, 0.15) is 23.6 Å². The maximum atomic E-state index is 14.9. The number of hydrogen-bond donors (Lipinski definition) is 2. The molecule has 0 spiro atoms. The van der Waals surface area contributed by atoms with E-state index in [1.54, 1.807) is 35.8 Å². The zero-order chi connectivity index (χ0) is 19.8. The molecule has 1 aliphatic carbocycles. The standard InChI is InChI=1S/C20H20FN3O4/c1-11(26)9-27-17-7-24-19(12(17)2)20(22-10-23-24)28-16-4-3-14-5-13(8-25)6-15(14)18(16)21/h3-4,6-7,10-11,25-26H,5,8-9H2,1-2H3/t11-/m0/s1. The van der Waals surface area contributed by atoms with Gasteiger partial charge in [-0.05, 0) is 43.5 Å². The van der Waals surface area contributed by atoms with E-state index in [0.717, 1.165) is 16.7 Å². The van der Waals surface area contributed by atoms with E-state index >= 15 is 0 Å². The van der Waals surface area contributed by atoms with Crippen molar-refractivity contribution < 1.29 is 24.1 Å². The lowest BCUT2D eigenvalue weighted by Crippen LogP contribution is -2.12. The molecule has 2 aromatic heterocycles. The van der Waals surface area contributed by atoms with Crippen LogP contribution in [0.25, 0.3) is 11.6 Å². The molecule has 0 saturated heterocycles. The number of benzene rings is 1. The van der Waals surface area contributed by atoms with Gasteiger partial charge in [0.05, 0.1) is 18.9 Å². The minimum Gasteiger partial charge on any atom is -0.489 e. The summed E-state index contributed by atoms with van der Waals surface area (Å²) >= 11 is 0. The van der Waals surface area contributed by atoms with Crippen molar-refractivity contribution in [2.24, 2.45) is 0 Å². The molecule has 0 saturated carbocycles. The molecule has 3 aromatic rings. The van der Waals surface area contributed by atoms with Crippen LogP contribution in [0.15, 0.2) is 30.2 Å². The van der Waals surface area contributed by atoms with Gasteiger partial charge in [0.15, 0.2) is 11.6 Å². The largest absolute Gasteiger partial charge is 0.489 e. The first kappa shape index (κ1) is 18.4. The summed E-state index contributed by atoms with van der Waals surface area (Å²) in [7, 11) is 0. The van der Waals surface area contributed by atoms with Gasteiger partial charge in [0.1, 0.15) is 24.2 Å². The third kappa shape index (κ3) is 3.21. The minimum absolute atomic E-state index is 0.0434. The van der Waals surface area contributed by atoms with Gasteiger partial charge in [-0.2, -0.15) is 10.1 Å². The summed E-state index contributed by atoms with van der Waals surface area (Å²) in [6.07, 6.45) is 4.55. The summed E-state index contributed by atoms with van der Waals surface area (Å²) in [6.45, 7) is 3.49. The lowest BCUT2D eigenvalue weighted by molar-refractivity contribution is 0.122. The monoisotopic (exact) mass is 385 g/mol. The Balaban J connectivity index is 1.70. The molecule has 7 nitrogen and oxygen atoms in total. The van der Waals surface area contributed by atoms with Gasteiger partial charge in [-0.1, -0.05) is 6.07 Å². The van der Waals surface area contributed by atoms with Gasteiger partial charge >= 0.3 is 0 Å². The van der Waals surface area contributed by atoms with Crippen LogP contribution in [0.2, 0.25) is 0 Å². The highest BCUT2D eigenvalue weighted by molar-refractivity contribution is 5.69. The number of aliphatic hydroxyl groups is 2. The molecular formula is C20H20FN3O4. The van der Waals surface area contributed by atoms with Crippen molar-refractivity contribution in [3.05, 3.63) is 52.7 Å². The van der Waals surface area contributed by atoms with E-state index in [-0.39, 0.29) is 24.8 Å². The molecule has 0 bridgehead atoms. The molecule has 0 radical (unpaired) electrons. The van der Waals surface area contributed by atoms with E-state index in [1.165, 1.54) is 6.33 Å². The number of halogens is 1. The second-order valence-corrected chi connectivity index (χ2v) is 6.83. The van der Waals surface area contributed by atoms with Crippen molar-refractivity contribution in [2.45, 2.75) is 26.4 Å². The SMILES string of the molecule is Cc1c(OC[C@H](C)O)cn2ncnc(Oc3ccc4c(c3F)C=C(CO)C4)c12. The third-order valence-corrected chi connectivity index (χ3v) is 4.64. The van der Waals surface area contributed by atoms with Gasteiger partial charge in [-0.3, -0.25) is 0 Å². The number of hydrogen-bond acceptors (Lipinski definition) is 6. The van der Waals surface area contributed by atoms with E-state index in [4.69, 9.17) is 9.47 Å². The van der Waals surface area contributed by atoms with Crippen LogP contribution in [0.3, 0.4) is 0 Å². The average Bonchev–Trinajstić information content (AvgIpc) is 3.24. The van der Waals surface area contributed by atoms with Crippen molar-refractivity contribution >= 4 is 11.6 Å². The Bertz CT molecular complexity index is 1070. The number of aromatic nitrogens is 3. The van der Waals surface area contributed by atoms with E-state index in [0.29, 0.717) is 23.3 Å². The lowest BCUT2D eigenvalue weighted by atomic mass is 10.1. The molecule has 28 heavy (non-hydrogen) atoms. The van der Waals surface area contributed by atoms with Crippen LogP contribution in [0, 0.1) is 12.7 Å². The van der Waals surface area contributed by atoms with Crippen LogP contribution in [-0.2, 0) is 6.42 Å². The first-order valence-corrected chi connectivity index (χ1v) is 8.91. The van der Waals surface area contributed by atoms with Crippen LogP contribution >= 0.6 is 0 Å². The number of ether oxygens (including phenoxy) is 2. The van der Waals surface area contributed by atoms with Crippen LogP contribution in [0.4, 0.5) is 4.39 Å². The van der Waals surface area contributed by atoms with Gasteiger partial charge < -0.3 is 19.7 Å². The van der Waals surface area contributed by atoms with E-state index in [1.807, 2.05) is 6.92 Å². The Morgan fingerprint density at radius 3 is 2.89 bits per heavy atom. The van der Waals surface area contributed by atoms with Crippen LogP contribution in [-0.4, -0.2) is 44.1 Å². The molecule has 0 unspecified atom stereocenters. The molecule has 0 aliphatic heterocycles. The predicted molar refractivity (Wildman–Crippen MR) is 100 cm³/mol. The number of aliphatic hydroxyl groups excluding tert-OH is 2. The Morgan fingerprint density at radius 1 is 1.32 bits per heavy atom. The summed E-state index contributed by atoms with van der Waals surface area (Å²) < 4.78 is 27.9. The van der Waals surface area contributed by atoms with E-state index < -0.39 is 11.9 Å². The van der Waals surface area contributed by atoms with Crippen molar-refractivity contribution in [3.8, 4) is 17.4 Å². The summed E-state index contributed by atoms with van der Waals surface area (Å²) in [6, 6.07) is 3.34. The summed E-state index contributed by atoms with van der Waals surface area (Å²) in [5, 5.41) is 22.9. The fourth-order valence-corrected chi connectivity index (χ4v) is 3.24. The third-order valence-electron chi connectivity index (χ3n) is 4.64. The van der Waals surface area contributed by atoms with Crippen molar-refractivity contribution in [1.82, 2.24) is 14.6 Å². The van der Waals surface area contributed by atoms with Crippen LogP contribution < -0.4 is 9.47 Å². The second-order valence-electron chi connectivity index (χ2n) is 6.83. The zero-order valence-electron chi connectivity index (χ0n) is 15.5. The van der Waals surface area contributed by atoms with Gasteiger partial charge in [-0.25, -0.2) is 8.91 Å². The highest BCUT2D eigenvalue weighted by Crippen LogP contribution is 2.36. The minimum atomic E-state index is -0.610. The topological polar surface area (TPSA) is 89.1 Å². The molecule has 0 amide bonds. The van der Waals surface area contributed by atoms with Crippen molar-refractivity contribution in [2.75, 3.05) is 13.2 Å². The molecule has 1 atom stereocenters. The fraction of sp³-hybridized carbons (Fsp3) is 0.300. The molecule has 1 aliphatic rings. The lowest BCUT2D eigenvalue weighted by Gasteiger charge is -2.10. The molecule has 146 valence electrons. The first-order valence-electron chi connectivity index (χ1n) is 8.91. The Hall–Kier alpha value is -2.97. The molecule has 0 fully saturated rings. The first-order chi connectivity index (χ1) is 13.5. The maximum Gasteiger partial charge on any atom is 0.247 e. The Labute approximate surface area is 160 Å². The van der Waals surface area contributed by atoms with Gasteiger partial charge in [-0.15, -0.1) is 0 Å². The summed E-state index contributed by atoms with van der Waals surface area (Å²) in [5.41, 5.74) is 3.28. The highest BCUT2D eigenvalue weighted by atomic mass is 19.1. The molecule has 2 heterocycles. The maximum absolute atomic E-state index is 14.9. The number of aryl methyl sites for hydroxylation is 1. The fourth-order valence-electron chi connectivity index (χ4n) is 3.24. The second kappa shape index (κ2) is 7.21. The smallest absolute Gasteiger partial charge is 0.247 e. The normalized spacial score (nSPS) is 14.1. The number of rotatable bonds is 6. The molecule has 2 N–H and O–H groups in total. The number of nitrogens with zero attached hydrogens (tertiary/aromatic N) is 3. The van der Waals surface area contributed by atoms with Crippen LogP contribution in [0.5, 0.6) is 17.4 Å². The highest BCUT2D eigenvalue weighted by Gasteiger charge is 2.21. The van der Waals surface area contributed by atoms with E-state index in [2.05, 4.69) is 10.1 Å². The van der Waals surface area contributed by atoms with E-state index in [9.17, 15) is 14.6 Å². The quantitative estimate of drug-likeness (QED) is 0.678. The van der Waals surface area contributed by atoms with Gasteiger partial charge in [0, 0.05) is 11.1 Å². The van der Waals surface area contributed by atoms with Gasteiger partial charge in [0.25, 0.3) is 0 Å². The Kier molecular flexibility index (Phi) is 4.74. The van der Waals surface area contributed by atoms with Crippen molar-refractivity contribution in [3.63, 3.8) is 0 Å². The summed E-state index contributed by atoms with van der Waals surface area (Å²) in [5.74, 6) is 0.285. The molecule has 1 aromatic carbocycles. The molecular weight excluding hydrogens is 365 g/mol. The Morgan fingerprint density at radius 2 is 2.14 bits per heavy atom. The summed E-state index contributed by atoms with van der Waals surface area (Å²) in [4.78, 5) is 4.16. The predicted octanol–water partition coefficient (Wildman–Crippen LogP) is 2.66. The average molecular weight is 385 g/mol. The molecule has 8 heteroatoms. The van der Waals surface area contributed by atoms with Gasteiger partial charge in [0.2, 0.25) is 5.88 Å². The number of fused-ring (bicyclic) bond motifs is 2.